The average molecular weight is 414 g/mol. The van der Waals surface area contributed by atoms with E-state index >= 15 is 0 Å². The van der Waals surface area contributed by atoms with Gasteiger partial charge in [0.2, 0.25) is 11.8 Å². The molecule has 136 valence electrons. The molecule has 1 saturated heterocycles. The first-order valence-electron chi connectivity index (χ1n) is 7.51. The first kappa shape index (κ1) is 20.8. The van der Waals surface area contributed by atoms with Gasteiger partial charge in [0, 0.05) is 18.5 Å². The van der Waals surface area contributed by atoms with Gasteiger partial charge in [-0.15, -0.1) is 17.0 Å². The van der Waals surface area contributed by atoms with E-state index in [1.165, 1.54) is 7.11 Å². The molecule has 0 radical (unpaired) electrons. The lowest BCUT2D eigenvalue weighted by Gasteiger charge is -2.22. The number of hydrogen-bond donors (Lipinski definition) is 3. The molecule has 0 bridgehead atoms. The fourth-order valence-electron chi connectivity index (χ4n) is 2.34. The highest BCUT2D eigenvalue weighted by atomic mass is 79.9. The predicted molar refractivity (Wildman–Crippen MR) is 94.1 cm³/mol. The third-order valence-electron chi connectivity index (χ3n) is 3.66. The molecule has 2 rings (SSSR count). The molecule has 3 amide bonds. The molecule has 0 unspecified atom stereocenters. The lowest BCUT2D eigenvalue weighted by Crippen LogP contribution is -2.50. The minimum Gasteiger partial charge on any atom is -0.468 e. The van der Waals surface area contributed by atoms with Gasteiger partial charge in [0.25, 0.3) is 5.91 Å². The van der Waals surface area contributed by atoms with E-state index in [0.717, 1.165) is 0 Å². The Kier molecular flexibility index (Phi) is 8.23. The summed E-state index contributed by atoms with van der Waals surface area (Å²) in [7, 11) is 1.24. The smallest absolute Gasteiger partial charge is 0.325 e. The molecule has 0 saturated carbocycles. The number of esters is 1. The summed E-state index contributed by atoms with van der Waals surface area (Å²) in [5.41, 5.74) is 1.09. The third-order valence-corrected chi connectivity index (χ3v) is 3.66. The number of carbonyl (C=O) groups is 4. The van der Waals surface area contributed by atoms with Gasteiger partial charge >= 0.3 is 5.97 Å². The Balaban J connectivity index is 0.00000312. The van der Waals surface area contributed by atoms with Gasteiger partial charge in [-0.2, -0.15) is 0 Å². The second-order valence-corrected chi connectivity index (χ2v) is 5.30. The van der Waals surface area contributed by atoms with Crippen molar-refractivity contribution in [3.05, 3.63) is 35.4 Å². The van der Waals surface area contributed by atoms with Crippen molar-refractivity contribution in [2.75, 3.05) is 13.7 Å². The third kappa shape index (κ3) is 5.95. The molecule has 1 aliphatic heterocycles. The number of halogens is 1. The van der Waals surface area contributed by atoms with Crippen LogP contribution in [0.25, 0.3) is 0 Å². The zero-order chi connectivity index (χ0) is 17.5. The number of piperidine rings is 1. The highest BCUT2D eigenvalue weighted by Gasteiger charge is 2.26. The van der Waals surface area contributed by atoms with Crippen molar-refractivity contribution in [3.8, 4) is 0 Å². The monoisotopic (exact) mass is 413 g/mol. The van der Waals surface area contributed by atoms with Crippen molar-refractivity contribution in [3.63, 3.8) is 0 Å². The van der Waals surface area contributed by atoms with Crippen LogP contribution in [-0.4, -0.2) is 43.4 Å². The number of imide groups is 1. The van der Waals surface area contributed by atoms with Gasteiger partial charge in [-0.3, -0.25) is 24.5 Å². The Labute approximate surface area is 155 Å². The van der Waals surface area contributed by atoms with Crippen LogP contribution in [0.5, 0.6) is 0 Å². The first-order valence-corrected chi connectivity index (χ1v) is 7.51. The first-order chi connectivity index (χ1) is 11.5. The number of nitrogens with one attached hydrogen (secondary N) is 3. The zero-order valence-corrected chi connectivity index (χ0v) is 15.4. The van der Waals surface area contributed by atoms with Crippen LogP contribution in [0.1, 0.15) is 28.8 Å². The van der Waals surface area contributed by atoms with Crippen LogP contribution < -0.4 is 16.0 Å². The average Bonchev–Trinajstić information content (AvgIpc) is 2.58. The summed E-state index contributed by atoms with van der Waals surface area (Å²) in [6.07, 6.45) is 0.700. The van der Waals surface area contributed by atoms with E-state index in [2.05, 4.69) is 20.7 Å². The Morgan fingerprint density at radius 3 is 2.68 bits per heavy atom. The second-order valence-electron chi connectivity index (χ2n) is 5.30. The van der Waals surface area contributed by atoms with Crippen molar-refractivity contribution in [2.45, 2.75) is 25.4 Å². The molecule has 25 heavy (non-hydrogen) atoms. The van der Waals surface area contributed by atoms with Gasteiger partial charge < -0.3 is 15.4 Å². The highest BCUT2D eigenvalue weighted by Crippen LogP contribution is 2.11. The Bertz CT molecular complexity index is 665. The van der Waals surface area contributed by atoms with Crippen molar-refractivity contribution < 1.29 is 23.9 Å². The van der Waals surface area contributed by atoms with Crippen LogP contribution in [0, 0.1) is 0 Å². The van der Waals surface area contributed by atoms with Crippen LogP contribution in [0.15, 0.2) is 24.3 Å². The molecular formula is C16H20BrN3O5. The summed E-state index contributed by atoms with van der Waals surface area (Å²) >= 11 is 0. The Morgan fingerprint density at radius 2 is 2.00 bits per heavy atom. The van der Waals surface area contributed by atoms with Crippen LogP contribution >= 0.6 is 17.0 Å². The maximum absolute atomic E-state index is 12.2. The molecule has 8 nitrogen and oxygen atoms in total. The summed E-state index contributed by atoms with van der Waals surface area (Å²) < 4.78 is 4.48. The second kappa shape index (κ2) is 9.90. The number of benzene rings is 1. The largest absolute Gasteiger partial charge is 0.468 e. The summed E-state index contributed by atoms with van der Waals surface area (Å²) in [4.78, 5) is 46.1. The lowest BCUT2D eigenvalue weighted by molar-refractivity contribution is -0.139. The van der Waals surface area contributed by atoms with Crippen molar-refractivity contribution in [2.24, 2.45) is 0 Å². The molecule has 1 aliphatic rings. The Morgan fingerprint density at radius 1 is 1.28 bits per heavy atom. The summed E-state index contributed by atoms with van der Waals surface area (Å²) in [6.45, 7) is 0.0678. The fraction of sp³-hybridized carbons (Fsp3) is 0.375. The van der Waals surface area contributed by atoms with Gasteiger partial charge in [0.15, 0.2) is 0 Å². The Hall–Kier alpha value is -2.26. The number of methoxy groups -OCH3 is 1. The zero-order valence-electron chi connectivity index (χ0n) is 13.7. The highest BCUT2D eigenvalue weighted by molar-refractivity contribution is 8.93. The minimum absolute atomic E-state index is 0. The molecule has 0 spiro atoms. The normalized spacial score (nSPS) is 16.4. The molecule has 0 aromatic heterocycles. The van der Waals surface area contributed by atoms with Crippen molar-refractivity contribution in [1.29, 1.82) is 0 Å². The van der Waals surface area contributed by atoms with E-state index in [0.29, 0.717) is 17.5 Å². The quantitative estimate of drug-likeness (QED) is 0.448. The molecule has 1 fully saturated rings. The number of ether oxygens (including phenoxy) is 1. The van der Waals surface area contributed by atoms with Crippen LogP contribution in [0.4, 0.5) is 0 Å². The molecule has 1 atom stereocenters. The van der Waals surface area contributed by atoms with Crippen molar-refractivity contribution >= 4 is 40.7 Å². The summed E-state index contributed by atoms with van der Waals surface area (Å²) in [5, 5.41) is 7.79. The maximum atomic E-state index is 12.2. The SMILES string of the molecule is Br.COC(=O)CNC(=O)c1ccccc1CN[C@H]1CCC(=O)NC1=O. The van der Waals surface area contributed by atoms with Gasteiger partial charge in [-0.05, 0) is 18.1 Å². The summed E-state index contributed by atoms with van der Waals surface area (Å²) in [5.74, 6) is -1.58. The van der Waals surface area contributed by atoms with Crippen LogP contribution in [0.3, 0.4) is 0 Å². The number of amides is 3. The lowest BCUT2D eigenvalue weighted by atomic mass is 10.0. The molecule has 9 heteroatoms. The molecule has 3 N–H and O–H groups in total. The van der Waals surface area contributed by atoms with Gasteiger partial charge in [0.1, 0.15) is 6.54 Å². The van der Waals surface area contributed by atoms with E-state index in [4.69, 9.17) is 0 Å². The van der Waals surface area contributed by atoms with Gasteiger partial charge in [-0.25, -0.2) is 0 Å². The van der Waals surface area contributed by atoms with Gasteiger partial charge in [-0.1, -0.05) is 18.2 Å². The van der Waals surface area contributed by atoms with Crippen LogP contribution in [-0.2, 0) is 25.7 Å². The minimum atomic E-state index is -0.539. The number of hydrogen-bond acceptors (Lipinski definition) is 6. The molecule has 1 aromatic carbocycles. The molecule has 0 aliphatic carbocycles. The van der Waals surface area contributed by atoms with E-state index < -0.39 is 17.9 Å². The maximum Gasteiger partial charge on any atom is 0.325 e. The topological polar surface area (TPSA) is 114 Å². The number of rotatable bonds is 6. The molecular weight excluding hydrogens is 394 g/mol. The van der Waals surface area contributed by atoms with Crippen LogP contribution in [0.2, 0.25) is 0 Å². The molecule has 1 aromatic rings. The predicted octanol–water partition coefficient (Wildman–Crippen LogP) is 0.0621. The fourth-order valence-corrected chi connectivity index (χ4v) is 2.34. The van der Waals surface area contributed by atoms with E-state index in [9.17, 15) is 19.2 Å². The van der Waals surface area contributed by atoms with E-state index in [-0.39, 0.29) is 48.3 Å². The standard InChI is InChI=1S/C16H19N3O5.BrH/c1-24-14(21)9-18-15(22)11-5-3-2-4-10(11)8-17-12-6-7-13(20)19-16(12)23;/h2-5,12,17H,6-9H2,1H3,(H,18,22)(H,19,20,23);1H/t12-;/m0./s1. The summed E-state index contributed by atoms with van der Waals surface area (Å²) in [6, 6.07) is 6.40. The van der Waals surface area contributed by atoms with Gasteiger partial charge in [0.05, 0.1) is 13.2 Å². The van der Waals surface area contributed by atoms with E-state index in [1.807, 2.05) is 0 Å². The molecule has 1 heterocycles. The number of carbonyl (C=O) groups excluding carboxylic acids is 4. The van der Waals surface area contributed by atoms with Crippen molar-refractivity contribution in [1.82, 2.24) is 16.0 Å². The van der Waals surface area contributed by atoms with E-state index in [1.54, 1.807) is 24.3 Å².